The van der Waals surface area contributed by atoms with Crippen molar-refractivity contribution >= 4 is 19.6 Å². The van der Waals surface area contributed by atoms with Crippen molar-refractivity contribution < 1.29 is 13.6 Å². The normalized spacial score (nSPS) is 12.7. The summed E-state index contributed by atoms with van der Waals surface area (Å²) in [5.74, 6) is 0.630. The fourth-order valence-electron chi connectivity index (χ4n) is 0.736. The third-order valence-corrected chi connectivity index (χ3v) is 2.92. The molecule has 1 rings (SSSR count). The van der Waals surface area contributed by atoms with E-state index >= 15 is 0 Å². The molecule has 3 nitrogen and oxygen atoms in total. The van der Waals surface area contributed by atoms with Crippen molar-refractivity contribution in [3.05, 3.63) is 16.8 Å². The first-order chi connectivity index (χ1) is 6.33. The Labute approximate surface area is 82.6 Å². The molecule has 1 aromatic rings. The van der Waals surface area contributed by atoms with Gasteiger partial charge in [0, 0.05) is 5.38 Å². The van der Waals surface area contributed by atoms with Gasteiger partial charge in [-0.15, -0.1) is 11.3 Å². The Hall–Kier alpha value is -0.310. The summed E-state index contributed by atoms with van der Waals surface area (Å²) in [5.41, 5.74) is 0. The van der Waals surface area contributed by atoms with E-state index < -0.39 is 8.25 Å². The van der Waals surface area contributed by atoms with E-state index in [1.807, 2.05) is 5.38 Å². The van der Waals surface area contributed by atoms with Crippen molar-refractivity contribution in [2.45, 2.75) is 19.8 Å². The van der Waals surface area contributed by atoms with E-state index in [2.05, 4.69) is 6.92 Å². The zero-order chi connectivity index (χ0) is 9.52. The third kappa shape index (κ3) is 4.46. The maximum absolute atomic E-state index is 11.1. The van der Waals surface area contributed by atoms with Crippen LogP contribution in [-0.2, 0) is 9.09 Å². The molecule has 0 fully saturated rings. The molecule has 0 bridgehead atoms. The number of hydrogen-bond donors (Lipinski definition) is 0. The predicted molar refractivity (Wildman–Crippen MR) is 54.8 cm³/mol. The van der Waals surface area contributed by atoms with Crippen LogP contribution in [0, 0.1) is 0 Å². The maximum atomic E-state index is 11.1. The highest BCUT2D eigenvalue weighted by atomic mass is 32.1. The number of hydrogen-bond acceptors (Lipinski definition) is 4. The molecule has 74 valence electrons. The molecule has 1 unspecified atom stereocenters. The lowest BCUT2D eigenvalue weighted by Crippen LogP contribution is -1.88. The van der Waals surface area contributed by atoms with Crippen molar-refractivity contribution in [1.82, 2.24) is 0 Å². The van der Waals surface area contributed by atoms with Gasteiger partial charge in [-0.25, -0.2) is 4.57 Å². The third-order valence-electron chi connectivity index (χ3n) is 1.41. The fourth-order valence-corrected chi connectivity index (χ4v) is 2.06. The highest BCUT2D eigenvalue weighted by Crippen LogP contribution is 2.29. The molecule has 13 heavy (non-hydrogen) atoms. The summed E-state index contributed by atoms with van der Waals surface area (Å²) in [4.78, 5) is 0. The molecular weight excluding hydrogens is 207 g/mol. The van der Waals surface area contributed by atoms with Crippen molar-refractivity contribution in [3.8, 4) is 5.75 Å². The minimum Gasteiger partial charge on any atom is -0.425 e. The number of unbranched alkanes of at least 4 members (excludes halogenated alkanes) is 1. The van der Waals surface area contributed by atoms with Gasteiger partial charge in [0.05, 0.1) is 6.61 Å². The predicted octanol–water partition coefficient (Wildman–Crippen LogP) is 3.33. The van der Waals surface area contributed by atoms with E-state index in [4.69, 9.17) is 9.05 Å². The Morgan fingerprint density at radius 2 is 2.46 bits per heavy atom. The van der Waals surface area contributed by atoms with Crippen LogP contribution in [0.25, 0.3) is 0 Å². The number of rotatable bonds is 6. The van der Waals surface area contributed by atoms with Crippen molar-refractivity contribution in [2.24, 2.45) is 0 Å². The minimum atomic E-state index is -2.33. The summed E-state index contributed by atoms with van der Waals surface area (Å²) in [6.07, 6.45) is 1.96. The van der Waals surface area contributed by atoms with Gasteiger partial charge in [0.2, 0.25) is 0 Å². The molecule has 0 aliphatic heterocycles. The minimum absolute atomic E-state index is 0.512. The van der Waals surface area contributed by atoms with Gasteiger partial charge < -0.3 is 9.05 Å². The molecule has 5 heteroatoms. The van der Waals surface area contributed by atoms with E-state index in [0.717, 1.165) is 12.8 Å². The molecule has 0 spiro atoms. The van der Waals surface area contributed by atoms with Gasteiger partial charge in [-0.05, 0) is 17.9 Å². The topological polar surface area (TPSA) is 35.5 Å². The van der Waals surface area contributed by atoms with Crippen molar-refractivity contribution in [2.75, 3.05) is 6.61 Å². The molecule has 0 radical (unpaired) electrons. The van der Waals surface area contributed by atoms with Gasteiger partial charge in [-0.1, -0.05) is 13.3 Å². The molecule has 0 saturated heterocycles. The fraction of sp³-hybridized carbons (Fsp3) is 0.500. The van der Waals surface area contributed by atoms with Crippen LogP contribution in [0.1, 0.15) is 19.8 Å². The smallest absolute Gasteiger partial charge is 0.367 e. The van der Waals surface area contributed by atoms with Crippen LogP contribution in [0.2, 0.25) is 0 Å². The van der Waals surface area contributed by atoms with Crippen LogP contribution in [0.5, 0.6) is 5.75 Å². The molecular formula is C8H13O3PS. The van der Waals surface area contributed by atoms with Gasteiger partial charge in [-0.3, -0.25) is 0 Å². The van der Waals surface area contributed by atoms with Crippen LogP contribution in [0.4, 0.5) is 0 Å². The largest absolute Gasteiger partial charge is 0.425 e. The first-order valence-electron chi connectivity index (χ1n) is 4.19. The van der Waals surface area contributed by atoms with Crippen LogP contribution in [0.15, 0.2) is 16.8 Å². The first-order valence-corrected chi connectivity index (χ1v) is 6.36. The Morgan fingerprint density at radius 1 is 1.62 bits per heavy atom. The summed E-state index contributed by atoms with van der Waals surface area (Å²) < 4.78 is 21.2. The van der Waals surface area contributed by atoms with E-state index in [9.17, 15) is 4.57 Å². The lowest BCUT2D eigenvalue weighted by Gasteiger charge is -2.03. The van der Waals surface area contributed by atoms with Crippen LogP contribution in [0.3, 0.4) is 0 Å². The van der Waals surface area contributed by atoms with Crippen LogP contribution < -0.4 is 4.52 Å². The number of thiophene rings is 1. The summed E-state index contributed by atoms with van der Waals surface area (Å²) in [7, 11) is -2.33. The summed E-state index contributed by atoms with van der Waals surface area (Å²) in [6, 6.07) is 1.77. The maximum Gasteiger partial charge on any atom is 0.367 e. The summed E-state index contributed by atoms with van der Waals surface area (Å²) >= 11 is 1.51. The van der Waals surface area contributed by atoms with Gasteiger partial charge in [0.25, 0.3) is 0 Å². The average Bonchev–Trinajstić information content (AvgIpc) is 2.57. The van der Waals surface area contributed by atoms with E-state index in [1.165, 1.54) is 11.3 Å². The second kappa shape index (κ2) is 6.19. The highest BCUT2D eigenvalue weighted by molar-refractivity contribution is 7.33. The highest BCUT2D eigenvalue weighted by Gasteiger charge is 2.01. The van der Waals surface area contributed by atoms with E-state index in [1.54, 1.807) is 11.4 Å². The Kier molecular flexibility index (Phi) is 5.13. The van der Waals surface area contributed by atoms with Gasteiger partial charge in [0.1, 0.15) is 5.75 Å². The second-order valence-corrected chi connectivity index (χ2v) is 4.29. The summed E-state index contributed by atoms with van der Waals surface area (Å²) in [5, 5.41) is 3.67. The second-order valence-electron chi connectivity index (χ2n) is 2.51. The van der Waals surface area contributed by atoms with Crippen molar-refractivity contribution in [3.63, 3.8) is 0 Å². The molecule has 1 atom stereocenters. The molecule has 1 heterocycles. The molecule has 0 N–H and O–H groups in total. The van der Waals surface area contributed by atoms with Gasteiger partial charge >= 0.3 is 8.25 Å². The Morgan fingerprint density at radius 3 is 3.08 bits per heavy atom. The lowest BCUT2D eigenvalue weighted by atomic mass is 10.4. The van der Waals surface area contributed by atoms with Crippen LogP contribution in [-0.4, -0.2) is 6.61 Å². The zero-order valence-corrected chi connectivity index (χ0v) is 9.30. The quantitative estimate of drug-likeness (QED) is 0.545. The van der Waals surface area contributed by atoms with Crippen molar-refractivity contribution in [1.29, 1.82) is 0 Å². The SMILES string of the molecule is CCCCO[PH](=O)Oc1ccsc1. The summed E-state index contributed by atoms with van der Waals surface area (Å²) in [6.45, 7) is 2.57. The molecule has 0 aliphatic carbocycles. The monoisotopic (exact) mass is 220 g/mol. The van der Waals surface area contributed by atoms with E-state index in [-0.39, 0.29) is 0 Å². The zero-order valence-electron chi connectivity index (χ0n) is 7.49. The molecule has 0 saturated carbocycles. The Bertz CT molecular complexity index is 248. The molecule has 1 aromatic heterocycles. The molecule has 0 aromatic carbocycles. The van der Waals surface area contributed by atoms with Crippen LogP contribution >= 0.6 is 19.6 Å². The molecule has 0 amide bonds. The van der Waals surface area contributed by atoms with E-state index in [0.29, 0.717) is 12.4 Å². The van der Waals surface area contributed by atoms with Gasteiger partial charge in [-0.2, -0.15) is 0 Å². The van der Waals surface area contributed by atoms with Gasteiger partial charge in [0.15, 0.2) is 0 Å². The standard InChI is InChI=1S/C8H13O3PS/c1-2-3-5-10-12(9)11-8-4-6-13-7-8/h4,6-7,12H,2-3,5H2,1H3. The first kappa shape index (κ1) is 10.8. The average molecular weight is 220 g/mol. The lowest BCUT2D eigenvalue weighted by molar-refractivity contribution is 0.281. The molecule has 0 aliphatic rings. The Balaban J connectivity index is 2.18.